The topological polar surface area (TPSA) is 0 Å². The van der Waals surface area contributed by atoms with Crippen LogP contribution in [0.1, 0.15) is 79.4 Å². The van der Waals surface area contributed by atoms with Crippen LogP contribution in [0.2, 0.25) is 0 Å². The van der Waals surface area contributed by atoms with Crippen LogP contribution in [0.25, 0.3) is 27.1 Å². The van der Waals surface area contributed by atoms with Crippen LogP contribution < -0.4 is 0 Å². The van der Waals surface area contributed by atoms with Crippen molar-refractivity contribution >= 4 is 27.1 Å². The number of hydrogen-bond donors (Lipinski definition) is 0. The normalized spacial score (nSPS) is 36.8. The Hall–Kier alpha value is -4.94. The van der Waals surface area contributed by atoms with Gasteiger partial charge in [-0.2, -0.15) is 0 Å². The van der Waals surface area contributed by atoms with E-state index in [1.54, 1.807) is 5.57 Å². The molecule has 0 N–H and O–H groups in total. The van der Waals surface area contributed by atoms with Crippen molar-refractivity contribution in [2.75, 3.05) is 0 Å². The molecule has 4 aromatic carbocycles. The summed E-state index contributed by atoms with van der Waals surface area (Å²) >= 11 is 0. The first-order valence-corrected chi connectivity index (χ1v) is 20.5. The zero-order chi connectivity index (χ0) is 38.2. The van der Waals surface area contributed by atoms with E-state index in [2.05, 4.69) is 213 Å². The molecule has 6 aliphatic rings. The lowest BCUT2D eigenvalue weighted by Gasteiger charge is -2.79. The highest BCUT2D eigenvalue weighted by Crippen LogP contribution is 2.90. The second kappa shape index (κ2) is 11.1. The molecule has 2 saturated carbocycles. The van der Waals surface area contributed by atoms with E-state index in [1.165, 1.54) is 60.5 Å². The van der Waals surface area contributed by atoms with E-state index in [0.717, 1.165) is 12.8 Å². The van der Waals surface area contributed by atoms with Crippen molar-refractivity contribution in [2.45, 2.75) is 68.2 Å². The fourth-order valence-corrected chi connectivity index (χ4v) is 13.9. The second-order valence-electron chi connectivity index (χ2n) is 18.9. The Balaban J connectivity index is 1.33. The van der Waals surface area contributed by atoms with E-state index in [-0.39, 0.29) is 37.9 Å². The predicted octanol–water partition coefficient (Wildman–Crippen LogP) is 14.7. The minimum Gasteiger partial charge on any atom is -0.0801 e. The summed E-state index contributed by atoms with van der Waals surface area (Å²) in [5.74, 6) is 0. The quantitative estimate of drug-likeness (QED) is 0.198. The maximum absolute atomic E-state index is 2.71. The smallest absolute Gasteiger partial charge is 0.0170 e. The molecule has 0 heteroatoms. The van der Waals surface area contributed by atoms with Crippen LogP contribution >= 0.6 is 0 Å². The molecule has 0 amide bonds. The van der Waals surface area contributed by atoms with Gasteiger partial charge >= 0.3 is 0 Å². The van der Waals surface area contributed by atoms with E-state index >= 15 is 0 Å². The maximum atomic E-state index is 2.71. The van der Waals surface area contributed by atoms with Crippen molar-refractivity contribution in [3.05, 3.63) is 197 Å². The zero-order valence-electron chi connectivity index (χ0n) is 33.9. The molecule has 7 unspecified atom stereocenters. The first-order chi connectivity index (χ1) is 26.3. The van der Waals surface area contributed by atoms with Crippen molar-refractivity contribution in [3.63, 3.8) is 0 Å². The fourth-order valence-electron chi connectivity index (χ4n) is 13.9. The van der Waals surface area contributed by atoms with Crippen LogP contribution in [-0.2, 0) is 0 Å². The summed E-state index contributed by atoms with van der Waals surface area (Å²) in [6, 6.07) is 31.9. The lowest BCUT2D eigenvalue weighted by molar-refractivity contribution is -0.261. The number of rotatable bonds is 3. The number of allylic oxidation sites excluding steroid dienone is 17. The van der Waals surface area contributed by atoms with Gasteiger partial charge in [0.05, 0.1) is 0 Å². The highest BCUT2D eigenvalue weighted by Gasteiger charge is 2.84. The lowest BCUT2D eigenvalue weighted by atomic mass is 9.24. The molecule has 4 aromatic rings. The molecule has 0 spiro atoms. The number of fused-ring (bicyclic) bond motifs is 10. The Morgan fingerprint density at radius 3 is 1.60 bits per heavy atom. The van der Waals surface area contributed by atoms with Crippen molar-refractivity contribution in [1.29, 1.82) is 0 Å². The highest BCUT2D eigenvalue weighted by atomic mass is 14.9. The van der Waals surface area contributed by atoms with Gasteiger partial charge < -0.3 is 0 Å². The molecule has 0 aliphatic heterocycles. The van der Waals surface area contributed by atoms with Gasteiger partial charge in [0.1, 0.15) is 0 Å². The molecular formula is C55H54. The Kier molecular flexibility index (Phi) is 6.97. The zero-order valence-corrected chi connectivity index (χ0v) is 33.9. The Morgan fingerprint density at radius 1 is 0.545 bits per heavy atom. The molecule has 0 aromatic heterocycles. The van der Waals surface area contributed by atoms with Crippen LogP contribution in [0.4, 0.5) is 0 Å². The summed E-state index contributed by atoms with van der Waals surface area (Å²) in [5, 5.41) is 5.10. The molecule has 6 aliphatic carbocycles. The maximum Gasteiger partial charge on any atom is 0.0170 e. The van der Waals surface area contributed by atoms with Crippen LogP contribution in [0.3, 0.4) is 0 Å². The Labute approximate surface area is 328 Å². The van der Waals surface area contributed by atoms with Gasteiger partial charge in [-0.05, 0) is 97.7 Å². The largest absolute Gasteiger partial charge is 0.0801 e. The highest BCUT2D eigenvalue weighted by molar-refractivity contribution is 5.96. The third-order valence-electron chi connectivity index (χ3n) is 17.8. The van der Waals surface area contributed by atoms with Gasteiger partial charge in [-0.1, -0.05) is 205 Å². The summed E-state index contributed by atoms with van der Waals surface area (Å²) in [6.45, 7) is 20.9. The van der Waals surface area contributed by atoms with Crippen molar-refractivity contribution in [3.8, 4) is 0 Å². The molecule has 0 bridgehead atoms. The summed E-state index contributed by atoms with van der Waals surface area (Å²) in [5.41, 5.74) is 10.3. The number of hydrogen-bond acceptors (Lipinski definition) is 0. The SMILES string of the molecule is CC1=C(C2=CC=CC2)C(=C(c2ccc3ccccc3c2)c2ccc3ccccc3c2)C=C2CC3(C)C4(C)C=CC=CC4(C)C4(C)C=CC=CC4(C)C3(C)C21C. The molecule has 10 rings (SSSR count). The molecule has 7 atom stereocenters. The van der Waals surface area contributed by atoms with Crippen molar-refractivity contribution < 1.29 is 0 Å². The van der Waals surface area contributed by atoms with Crippen LogP contribution in [-0.4, -0.2) is 0 Å². The standard InChI is InChI=1S/C55H54/c1-37-47(40-21-11-12-22-40)46(48(43-27-25-38-19-9-13-23-41(38)33-43)44-28-26-39-20-10-14-24-42(39)34-44)35-45-36-53(6)51(4)31-16-15-29-49(51,2)50(3)30-17-18-32-52(50,5)55(53,8)54(37,45)7/h9-21,23-35H,22,36H2,1-8H3. The summed E-state index contributed by atoms with van der Waals surface area (Å²) in [6.07, 6.45) is 31.5. The van der Waals surface area contributed by atoms with Gasteiger partial charge in [-0.25, -0.2) is 0 Å². The van der Waals surface area contributed by atoms with Crippen LogP contribution in [0.15, 0.2) is 186 Å². The third kappa shape index (κ3) is 3.85. The molecule has 0 nitrogen and oxygen atoms in total. The second-order valence-corrected chi connectivity index (χ2v) is 18.9. The summed E-state index contributed by atoms with van der Waals surface area (Å²) in [7, 11) is 0. The van der Waals surface area contributed by atoms with Gasteiger partial charge in [0, 0.05) is 27.1 Å². The van der Waals surface area contributed by atoms with Gasteiger partial charge in [0.2, 0.25) is 0 Å². The molecule has 0 heterocycles. The van der Waals surface area contributed by atoms with E-state index < -0.39 is 0 Å². The fraction of sp³-hybridized carbons (Fsp3) is 0.309. The van der Waals surface area contributed by atoms with E-state index in [9.17, 15) is 0 Å². The van der Waals surface area contributed by atoms with Gasteiger partial charge in [0.25, 0.3) is 0 Å². The Bertz CT molecular complexity index is 2580. The average molecular weight is 715 g/mol. The minimum atomic E-state index is -0.202. The molecular weight excluding hydrogens is 661 g/mol. The monoisotopic (exact) mass is 714 g/mol. The summed E-state index contributed by atoms with van der Waals surface area (Å²) in [4.78, 5) is 0. The minimum absolute atomic E-state index is 0.0729. The molecule has 0 radical (unpaired) electrons. The predicted molar refractivity (Wildman–Crippen MR) is 234 cm³/mol. The Morgan fingerprint density at radius 2 is 1.05 bits per heavy atom. The molecule has 2 fully saturated rings. The van der Waals surface area contributed by atoms with Gasteiger partial charge in [-0.15, -0.1) is 0 Å². The third-order valence-corrected chi connectivity index (χ3v) is 17.8. The van der Waals surface area contributed by atoms with Crippen LogP contribution in [0, 0.1) is 37.9 Å². The van der Waals surface area contributed by atoms with Gasteiger partial charge in [0.15, 0.2) is 0 Å². The van der Waals surface area contributed by atoms with Crippen molar-refractivity contribution in [1.82, 2.24) is 0 Å². The van der Waals surface area contributed by atoms with Crippen molar-refractivity contribution in [2.24, 2.45) is 37.9 Å². The molecule has 0 saturated heterocycles. The number of benzene rings is 4. The molecule has 274 valence electrons. The summed E-state index contributed by atoms with van der Waals surface area (Å²) < 4.78 is 0. The molecule has 55 heavy (non-hydrogen) atoms. The lowest BCUT2D eigenvalue weighted by Crippen LogP contribution is -2.74. The first kappa shape index (κ1) is 34.5. The first-order valence-electron chi connectivity index (χ1n) is 20.5. The van der Waals surface area contributed by atoms with Crippen LogP contribution in [0.5, 0.6) is 0 Å². The average Bonchev–Trinajstić information content (AvgIpc) is 3.79. The van der Waals surface area contributed by atoms with E-state index in [1.807, 2.05) is 0 Å². The van der Waals surface area contributed by atoms with E-state index in [4.69, 9.17) is 0 Å². The van der Waals surface area contributed by atoms with Gasteiger partial charge in [-0.3, -0.25) is 0 Å². The van der Waals surface area contributed by atoms with E-state index in [0.29, 0.717) is 0 Å².